The normalized spacial score (nSPS) is 20.6. The molecule has 3 N–H and O–H groups in total. The Balaban J connectivity index is 1.64. The van der Waals surface area contributed by atoms with Crippen molar-refractivity contribution in [3.8, 4) is 0 Å². The van der Waals surface area contributed by atoms with Crippen LogP contribution in [0.15, 0.2) is 41.0 Å². The first-order chi connectivity index (χ1) is 11.2. The van der Waals surface area contributed by atoms with E-state index in [2.05, 4.69) is 26.3 Å². The summed E-state index contributed by atoms with van der Waals surface area (Å²) in [6.45, 7) is 1.04. The molecule has 6 nitrogen and oxygen atoms in total. The van der Waals surface area contributed by atoms with Gasteiger partial charge >= 0.3 is 0 Å². The van der Waals surface area contributed by atoms with E-state index in [0.717, 1.165) is 16.5 Å². The van der Waals surface area contributed by atoms with Gasteiger partial charge in [0.2, 0.25) is 0 Å². The molecule has 0 radical (unpaired) electrons. The van der Waals surface area contributed by atoms with Crippen molar-refractivity contribution in [2.75, 3.05) is 11.9 Å². The minimum atomic E-state index is -0.431. The molecule has 122 valence electrons. The van der Waals surface area contributed by atoms with Crippen molar-refractivity contribution in [3.63, 3.8) is 0 Å². The summed E-state index contributed by atoms with van der Waals surface area (Å²) >= 11 is 3.42. The van der Waals surface area contributed by atoms with Crippen LogP contribution in [0.3, 0.4) is 0 Å². The topological polar surface area (TPSA) is 82.2 Å². The maximum atomic E-state index is 12.3. The van der Waals surface area contributed by atoms with Crippen LogP contribution in [0.2, 0.25) is 0 Å². The number of rotatable bonds is 5. The van der Waals surface area contributed by atoms with Crippen molar-refractivity contribution in [3.05, 3.63) is 46.6 Å². The third-order valence-corrected chi connectivity index (χ3v) is 4.40. The number of halogens is 1. The van der Waals surface area contributed by atoms with E-state index in [9.17, 15) is 4.79 Å². The van der Waals surface area contributed by atoms with E-state index in [4.69, 9.17) is 10.5 Å². The molecule has 0 unspecified atom stereocenters. The molecule has 1 aromatic heterocycles. The van der Waals surface area contributed by atoms with Gasteiger partial charge in [-0.15, -0.1) is 0 Å². The number of nitrogens with one attached hydrogen (secondary N) is 1. The lowest BCUT2D eigenvalue weighted by atomic mass is 10.2. The van der Waals surface area contributed by atoms with Crippen LogP contribution in [0.25, 0.3) is 0 Å². The summed E-state index contributed by atoms with van der Waals surface area (Å²) in [4.78, 5) is 12.3. The molecule has 3 rings (SSSR count). The van der Waals surface area contributed by atoms with E-state index < -0.39 is 6.10 Å². The molecule has 1 fully saturated rings. The van der Waals surface area contributed by atoms with E-state index in [1.165, 1.54) is 0 Å². The van der Waals surface area contributed by atoms with Gasteiger partial charge in [-0.25, -0.2) is 4.68 Å². The van der Waals surface area contributed by atoms with Gasteiger partial charge in [-0.2, -0.15) is 5.10 Å². The first kappa shape index (κ1) is 16.2. The van der Waals surface area contributed by atoms with Crippen molar-refractivity contribution < 1.29 is 9.53 Å². The third kappa shape index (κ3) is 3.99. The molecule has 0 spiro atoms. The summed E-state index contributed by atoms with van der Waals surface area (Å²) in [6.07, 6.45) is 2.76. The van der Waals surface area contributed by atoms with Gasteiger partial charge in [0.1, 0.15) is 11.9 Å². The molecule has 1 saturated heterocycles. The fourth-order valence-electron chi connectivity index (χ4n) is 2.61. The SMILES string of the molecule is NC[C@H]1CC[C@@H](C(=O)Nc2ccnn2Cc2ccc(Br)cc2)O1. The molecule has 2 atom stereocenters. The number of aromatic nitrogens is 2. The third-order valence-electron chi connectivity index (χ3n) is 3.88. The van der Waals surface area contributed by atoms with Crippen LogP contribution in [-0.4, -0.2) is 34.4 Å². The number of carbonyl (C=O) groups is 1. The summed E-state index contributed by atoms with van der Waals surface area (Å²) < 4.78 is 8.41. The zero-order valence-corrected chi connectivity index (χ0v) is 14.2. The first-order valence-electron chi connectivity index (χ1n) is 7.58. The number of benzene rings is 1. The monoisotopic (exact) mass is 378 g/mol. The van der Waals surface area contributed by atoms with E-state index >= 15 is 0 Å². The Morgan fingerprint density at radius 3 is 2.83 bits per heavy atom. The van der Waals surface area contributed by atoms with E-state index in [-0.39, 0.29) is 12.0 Å². The molecule has 23 heavy (non-hydrogen) atoms. The lowest BCUT2D eigenvalue weighted by Gasteiger charge is -2.14. The molecule has 0 saturated carbocycles. The highest BCUT2D eigenvalue weighted by molar-refractivity contribution is 9.10. The molecule has 0 aliphatic carbocycles. The fraction of sp³-hybridized carbons (Fsp3) is 0.375. The molecule has 1 amide bonds. The zero-order chi connectivity index (χ0) is 16.2. The molecule has 1 aliphatic heterocycles. The highest BCUT2D eigenvalue weighted by atomic mass is 79.9. The van der Waals surface area contributed by atoms with Crippen LogP contribution in [0, 0.1) is 0 Å². The van der Waals surface area contributed by atoms with Gasteiger partial charge < -0.3 is 15.8 Å². The van der Waals surface area contributed by atoms with Crippen LogP contribution in [0.1, 0.15) is 18.4 Å². The quantitative estimate of drug-likeness (QED) is 0.834. The van der Waals surface area contributed by atoms with Gasteiger partial charge in [0.25, 0.3) is 5.91 Å². The number of ether oxygens (including phenoxy) is 1. The second kappa shape index (κ2) is 7.25. The highest BCUT2D eigenvalue weighted by Gasteiger charge is 2.30. The van der Waals surface area contributed by atoms with Crippen molar-refractivity contribution in [1.29, 1.82) is 0 Å². The minimum absolute atomic E-state index is 0.0153. The van der Waals surface area contributed by atoms with E-state index in [1.54, 1.807) is 16.9 Å². The Bertz CT molecular complexity index is 671. The van der Waals surface area contributed by atoms with Crippen LogP contribution >= 0.6 is 15.9 Å². The standard InChI is InChI=1S/C16H19BrN4O2/c17-12-3-1-11(2-4-12)10-21-15(7-8-19-21)20-16(22)14-6-5-13(9-18)23-14/h1-4,7-8,13-14H,5-6,9-10,18H2,(H,20,22)/t13-,14+/m1/s1. The summed E-state index contributed by atoms with van der Waals surface area (Å²) in [5.41, 5.74) is 6.68. The Labute approximate surface area is 143 Å². The molecule has 1 aliphatic rings. The Morgan fingerprint density at radius 2 is 2.13 bits per heavy atom. The largest absolute Gasteiger partial charge is 0.364 e. The van der Waals surface area contributed by atoms with Crippen LogP contribution in [0.4, 0.5) is 5.82 Å². The lowest BCUT2D eigenvalue weighted by Crippen LogP contribution is -2.30. The number of amides is 1. The number of anilines is 1. The molecule has 2 heterocycles. The highest BCUT2D eigenvalue weighted by Crippen LogP contribution is 2.21. The second-order valence-corrected chi connectivity index (χ2v) is 6.47. The van der Waals surface area contributed by atoms with Crippen molar-refractivity contribution in [2.24, 2.45) is 5.73 Å². The van der Waals surface area contributed by atoms with Crippen LogP contribution in [-0.2, 0) is 16.1 Å². The Hall–Kier alpha value is -1.70. The smallest absolute Gasteiger partial charge is 0.254 e. The predicted molar refractivity (Wildman–Crippen MR) is 91.1 cm³/mol. The summed E-state index contributed by atoms with van der Waals surface area (Å²) in [5.74, 6) is 0.524. The van der Waals surface area contributed by atoms with Gasteiger partial charge in [0, 0.05) is 17.1 Å². The number of hydrogen-bond acceptors (Lipinski definition) is 4. The summed E-state index contributed by atoms with van der Waals surface area (Å²) in [6, 6.07) is 9.78. The van der Waals surface area contributed by atoms with Gasteiger partial charge in [0.05, 0.1) is 18.8 Å². The molecule has 1 aromatic carbocycles. The van der Waals surface area contributed by atoms with Crippen molar-refractivity contribution in [1.82, 2.24) is 9.78 Å². The van der Waals surface area contributed by atoms with Crippen molar-refractivity contribution in [2.45, 2.75) is 31.6 Å². The predicted octanol–water partition coefficient (Wildman–Crippen LogP) is 2.14. The Morgan fingerprint density at radius 1 is 1.35 bits per heavy atom. The maximum absolute atomic E-state index is 12.3. The molecule has 2 aromatic rings. The van der Waals surface area contributed by atoms with Gasteiger partial charge in [-0.3, -0.25) is 4.79 Å². The molecular formula is C16H19BrN4O2. The fourth-order valence-corrected chi connectivity index (χ4v) is 2.87. The number of nitrogens with two attached hydrogens (primary N) is 1. The minimum Gasteiger partial charge on any atom is -0.364 e. The average Bonchev–Trinajstić information content (AvgIpc) is 3.19. The molecule has 0 bridgehead atoms. The Kier molecular flexibility index (Phi) is 5.09. The van der Waals surface area contributed by atoms with Gasteiger partial charge in [0.15, 0.2) is 0 Å². The number of carbonyl (C=O) groups excluding carboxylic acids is 1. The summed E-state index contributed by atoms with van der Waals surface area (Å²) in [5, 5.41) is 7.17. The zero-order valence-electron chi connectivity index (χ0n) is 12.6. The van der Waals surface area contributed by atoms with E-state index in [0.29, 0.717) is 25.3 Å². The maximum Gasteiger partial charge on any atom is 0.254 e. The number of hydrogen-bond donors (Lipinski definition) is 2. The number of nitrogens with zero attached hydrogens (tertiary/aromatic N) is 2. The van der Waals surface area contributed by atoms with Gasteiger partial charge in [-0.05, 0) is 30.5 Å². The molecular weight excluding hydrogens is 360 g/mol. The van der Waals surface area contributed by atoms with Crippen LogP contribution in [0.5, 0.6) is 0 Å². The molecule has 7 heteroatoms. The van der Waals surface area contributed by atoms with Crippen LogP contribution < -0.4 is 11.1 Å². The lowest BCUT2D eigenvalue weighted by molar-refractivity contribution is -0.126. The van der Waals surface area contributed by atoms with E-state index in [1.807, 2.05) is 24.3 Å². The first-order valence-corrected chi connectivity index (χ1v) is 8.37. The van der Waals surface area contributed by atoms with Crippen molar-refractivity contribution >= 4 is 27.7 Å². The van der Waals surface area contributed by atoms with Gasteiger partial charge in [-0.1, -0.05) is 28.1 Å². The summed E-state index contributed by atoms with van der Waals surface area (Å²) in [7, 11) is 0. The average molecular weight is 379 g/mol. The second-order valence-electron chi connectivity index (χ2n) is 5.55.